The predicted octanol–water partition coefficient (Wildman–Crippen LogP) is 13.6. The van der Waals surface area contributed by atoms with Gasteiger partial charge in [0, 0.05) is 0 Å². The highest BCUT2D eigenvalue weighted by Gasteiger charge is 2.19. The highest BCUT2D eigenvalue weighted by atomic mass is 14.2. The van der Waals surface area contributed by atoms with Crippen molar-refractivity contribution >= 4 is 43.1 Å². The van der Waals surface area contributed by atoms with Gasteiger partial charge in [-0.1, -0.05) is 134 Å². The van der Waals surface area contributed by atoms with E-state index in [9.17, 15) is 0 Å². The molecule has 7 rings (SSSR count). The second-order valence-electron chi connectivity index (χ2n) is 14.2. The molecule has 0 saturated heterocycles. The first kappa shape index (κ1) is 28.6. The normalized spacial score (nSPS) is 12.5. The van der Waals surface area contributed by atoms with Crippen molar-refractivity contribution in [1.29, 1.82) is 0 Å². The molecule has 0 aliphatic heterocycles. The van der Waals surface area contributed by atoms with Crippen LogP contribution in [0.25, 0.3) is 65.3 Å². The fourth-order valence-electron chi connectivity index (χ4n) is 7.27. The molecule has 0 unspecified atom stereocenters. The van der Waals surface area contributed by atoms with Gasteiger partial charge in [0.1, 0.15) is 0 Å². The average Bonchev–Trinajstić information content (AvgIpc) is 3.02. The maximum absolute atomic E-state index is 2.47. The summed E-state index contributed by atoms with van der Waals surface area (Å²) >= 11 is 0. The van der Waals surface area contributed by atoms with E-state index in [1.807, 2.05) is 0 Å². The molecule has 44 heavy (non-hydrogen) atoms. The van der Waals surface area contributed by atoms with Crippen molar-refractivity contribution in [2.45, 2.75) is 79.1 Å². The second kappa shape index (κ2) is 10.8. The van der Waals surface area contributed by atoms with E-state index in [0.717, 1.165) is 0 Å². The Bertz CT molecular complexity index is 2140. The fraction of sp³-hybridized carbons (Fsp3) is 0.273. The number of hydrogen-bond donors (Lipinski definition) is 0. The van der Waals surface area contributed by atoms with Crippen LogP contribution in [0.5, 0.6) is 0 Å². The molecule has 7 aromatic carbocycles. The third kappa shape index (κ3) is 4.67. The minimum absolute atomic E-state index is 0.434. The fourth-order valence-corrected chi connectivity index (χ4v) is 7.27. The molecule has 0 amide bonds. The Kier molecular flexibility index (Phi) is 7.00. The zero-order chi connectivity index (χ0) is 30.9. The lowest BCUT2D eigenvalue weighted by atomic mass is 9.82. The Morgan fingerprint density at radius 3 is 1.50 bits per heavy atom. The summed E-state index contributed by atoms with van der Waals surface area (Å²) in [5.41, 5.74) is 10.9. The second-order valence-corrected chi connectivity index (χ2v) is 14.2. The molecule has 0 atom stereocenters. The van der Waals surface area contributed by atoms with Crippen LogP contribution in [0, 0.1) is 0 Å². The minimum atomic E-state index is 0.434. The van der Waals surface area contributed by atoms with Gasteiger partial charge in [-0.25, -0.2) is 0 Å². The summed E-state index contributed by atoms with van der Waals surface area (Å²) in [5, 5.41) is 10.9. The maximum atomic E-state index is 2.47. The van der Waals surface area contributed by atoms with E-state index in [4.69, 9.17) is 0 Å². The van der Waals surface area contributed by atoms with E-state index in [0.29, 0.717) is 23.7 Å². The van der Waals surface area contributed by atoms with E-state index in [1.54, 1.807) is 0 Å². The van der Waals surface area contributed by atoms with E-state index >= 15 is 0 Å². The average molecular weight is 573 g/mol. The van der Waals surface area contributed by atoms with Crippen LogP contribution in [0.1, 0.15) is 101 Å². The molecular weight excluding hydrogens is 528 g/mol. The van der Waals surface area contributed by atoms with E-state index in [1.165, 1.54) is 87.6 Å². The summed E-state index contributed by atoms with van der Waals surface area (Å²) in [7, 11) is 0. The van der Waals surface area contributed by atoms with Crippen LogP contribution in [0.3, 0.4) is 0 Å². The van der Waals surface area contributed by atoms with Crippen LogP contribution in [0.4, 0.5) is 0 Å². The monoisotopic (exact) mass is 572 g/mol. The minimum Gasteiger partial charge on any atom is -0.0587 e. The topological polar surface area (TPSA) is 0 Å². The van der Waals surface area contributed by atoms with Gasteiger partial charge in [0.05, 0.1) is 0 Å². The molecule has 0 spiro atoms. The van der Waals surface area contributed by atoms with Gasteiger partial charge in [-0.05, 0) is 129 Å². The standard InChI is InChI=1S/C44H44/c1-25(2)34-21-35(26(3)4)23-36(22-34)32-10-9-31-20-33(12-11-30(31)19-32)42-24-41(28(7)8)39-16-14-29-13-15-37(27(5)6)38-17-18-40(42)44(39)43(29)38/h9-28H,1-8H3. The van der Waals surface area contributed by atoms with Crippen LogP contribution in [0.2, 0.25) is 0 Å². The van der Waals surface area contributed by atoms with Crippen molar-refractivity contribution < 1.29 is 0 Å². The lowest BCUT2D eigenvalue weighted by Crippen LogP contribution is -1.97. The van der Waals surface area contributed by atoms with Crippen LogP contribution in [0.15, 0.2) is 97.1 Å². The number of fused-ring (bicyclic) bond motifs is 1. The molecule has 0 aliphatic rings. The molecule has 220 valence electrons. The first-order chi connectivity index (χ1) is 21.1. The Morgan fingerprint density at radius 2 is 0.864 bits per heavy atom. The van der Waals surface area contributed by atoms with Gasteiger partial charge in [0.25, 0.3) is 0 Å². The Morgan fingerprint density at radius 1 is 0.341 bits per heavy atom. The van der Waals surface area contributed by atoms with Crippen molar-refractivity contribution in [1.82, 2.24) is 0 Å². The largest absolute Gasteiger partial charge is 0.0587 e. The third-order valence-electron chi connectivity index (χ3n) is 9.89. The zero-order valence-corrected chi connectivity index (χ0v) is 27.5. The Balaban J connectivity index is 1.42. The van der Waals surface area contributed by atoms with Crippen molar-refractivity contribution in [2.75, 3.05) is 0 Å². The number of rotatable bonds is 6. The molecule has 0 heterocycles. The molecular formula is C44H44. The van der Waals surface area contributed by atoms with Crippen molar-refractivity contribution in [3.05, 3.63) is 119 Å². The third-order valence-corrected chi connectivity index (χ3v) is 9.89. The van der Waals surface area contributed by atoms with Crippen molar-refractivity contribution in [3.8, 4) is 22.3 Å². The van der Waals surface area contributed by atoms with Gasteiger partial charge < -0.3 is 0 Å². The number of benzene rings is 7. The predicted molar refractivity (Wildman–Crippen MR) is 195 cm³/mol. The summed E-state index contributed by atoms with van der Waals surface area (Å²) in [5.74, 6) is 1.93. The molecule has 0 N–H and O–H groups in total. The van der Waals surface area contributed by atoms with Gasteiger partial charge in [-0.3, -0.25) is 0 Å². The van der Waals surface area contributed by atoms with Gasteiger partial charge in [0.2, 0.25) is 0 Å². The van der Waals surface area contributed by atoms with Gasteiger partial charge in [-0.2, -0.15) is 0 Å². The van der Waals surface area contributed by atoms with Crippen LogP contribution < -0.4 is 0 Å². The van der Waals surface area contributed by atoms with Crippen molar-refractivity contribution in [2.24, 2.45) is 0 Å². The molecule has 0 heteroatoms. The van der Waals surface area contributed by atoms with Gasteiger partial charge in [0.15, 0.2) is 0 Å². The first-order valence-corrected chi connectivity index (χ1v) is 16.5. The molecule has 0 nitrogen and oxygen atoms in total. The summed E-state index contributed by atoms with van der Waals surface area (Å²) in [4.78, 5) is 0. The molecule has 7 aromatic rings. The van der Waals surface area contributed by atoms with Crippen molar-refractivity contribution in [3.63, 3.8) is 0 Å². The summed E-state index contributed by atoms with van der Waals surface area (Å²) in [6, 6.07) is 37.8. The van der Waals surface area contributed by atoms with E-state index in [2.05, 4.69) is 152 Å². The first-order valence-electron chi connectivity index (χ1n) is 16.5. The summed E-state index contributed by atoms with van der Waals surface area (Å²) in [6.07, 6.45) is 0. The van der Waals surface area contributed by atoms with Gasteiger partial charge >= 0.3 is 0 Å². The molecule has 0 fully saturated rings. The molecule has 0 bridgehead atoms. The zero-order valence-electron chi connectivity index (χ0n) is 27.5. The van der Waals surface area contributed by atoms with Gasteiger partial charge in [-0.15, -0.1) is 0 Å². The van der Waals surface area contributed by atoms with E-state index in [-0.39, 0.29) is 0 Å². The van der Waals surface area contributed by atoms with Crippen LogP contribution >= 0.6 is 0 Å². The molecule has 0 saturated carbocycles. The quantitative estimate of drug-likeness (QED) is 0.174. The highest BCUT2D eigenvalue weighted by molar-refractivity contribution is 6.27. The highest BCUT2D eigenvalue weighted by Crippen LogP contribution is 2.45. The summed E-state index contributed by atoms with van der Waals surface area (Å²) < 4.78 is 0. The lowest BCUT2D eigenvalue weighted by Gasteiger charge is -2.21. The molecule has 0 aromatic heterocycles. The van der Waals surface area contributed by atoms with E-state index < -0.39 is 0 Å². The molecule has 0 aliphatic carbocycles. The Labute approximate surface area is 263 Å². The maximum Gasteiger partial charge on any atom is -0.00176 e. The molecule has 0 radical (unpaired) electrons. The number of hydrogen-bond acceptors (Lipinski definition) is 0. The SMILES string of the molecule is CC(C)c1cc(-c2ccc3cc(-c4cc(C(C)C)c5ccc6ccc(C(C)C)c7ccc4c5c67)ccc3c2)cc(C(C)C)c1. The van der Waals surface area contributed by atoms with Crippen LogP contribution in [-0.2, 0) is 0 Å². The van der Waals surface area contributed by atoms with Crippen LogP contribution in [-0.4, -0.2) is 0 Å². The Hall–Kier alpha value is -4.16. The smallest absolute Gasteiger partial charge is 0.00176 e. The lowest BCUT2D eigenvalue weighted by molar-refractivity contribution is 0.834. The summed E-state index contributed by atoms with van der Waals surface area (Å²) in [6.45, 7) is 18.4.